The van der Waals surface area contributed by atoms with E-state index in [-0.39, 0.29) is 48.6 Å². The van der Waals surface area contributed by atoms with Gasteiger partial charge in [-0.2, -0.15) is 0 Å². The van der Waals surface area contributed by atoms with E-state index < -0.39 is 28.7 Å². The molecule has 12 heteroatoms. The van der Waals surface area contributed by atoms with Crippen LogP contribution in [0.2, 0.25) is 5.02 Å². The topological polar surface area (TPSA) is 104 Å². The fourth-order valence-corrected chi connectivity index (χ4v) is 4.35. The second-order valence-corrected chi connectivity index (χ2v) is 9.94. The fraction of sp³-hybridized carbons (Fsp3) is 0.296. The van der Waals surface area contributed by atoms with Crippen LogP contribution in [-0.4, -0.2) is 47.4 Å². The Balaban J connectivity index is 1.59. The Labute approximate surface area is 228 Å². The van der Waals surface area contributed by atoms with Gasteiger partial charge in [-0.25, -0.2) is 8.78 Å². The maximum Gasteiger partial charge on any atom is 0.273 e. The molecule has 0 saturated heterocycles. The average molecular weight is 561 g/mol. The molecule has 39 heavy (non-hydrogen) atoms. The van der Waals surface area contributed by atoms with E-state index in [9.17, 15) is 28.3 Å². The van der Waals surface area contributed by atoms with Crippen molar-refractivity contribution in [3.05, 3.63) is 86.8 Å². The van der Waals surface area contributed by atoms with Gasteiger partial charge in [0.25, 0.3) is 11.5 Å². The molecular formula is C27H27ClF2N4O5. The summed E-state index contributed by atoms with van der Waals surface area (Å²) >= 11 is 6.25. The maximum absolute atomic E-state index is 13.9. The lowest BCUT2D eigenvalue weighted by Gasteiger charge is -2.25. The van der Waals surface area contributed by atoms with Gasteiger partial charge in [-0.15, -0.1) is 0 Å². The molecule has 3 aromatic rings. The third kappa shape index (κ3) is 5.95. The quantitative estimate of drug-likeness (QED) is 0.439. The molecule has 1 aliphatic heterocycles. The average Bonchev–Trinajstić information content (AvgIpc) is 3.25. The summed E-state index contributed by atoms with van der Waals surface area (Å²) in [6.45, 7) is 2.55. The van der Waals surface area contributed by atoms with Crippen LogP contribution in [0.1, 0.15) is 25.0 Å². The standard InChI is InChI=1S/C27H27ClF2N4O5/c1-27(2,38)26(37)34-15-33(23(35)12-31-3)20-7-4-16(10-21(20)34)13-32-9-8-22(24(28)25(32)36)39-14-17-5-6-18(29)11-19(17)30/h4-11,31,38H,12-15H2,1-3H3. The van der Waals surface area contributed by atoms with Gasteiger partial charge >= 0.3 is 0 Å². The first-order chi connectivity index (χ1) is 18.4. The van der Waals surface area contributed by atoms with Crippen LogP contribution in [0.15, 0.2) is 53.5 Å². The first-order valence-corrected chi connectivity index (χ1v) is 12.4. The number of rotatable bonds is 8. The first-order valence-electron chi connectivity index (χ1n) is 12.0. The van der Waals surface area contributed by atoms with E-state index in [1.165, 1.54) is 46.5 Å². The third-order valence-electron chi connectivity index (χ3n) is 6.12. The zero-order valence-electron chi connectivity index (χ0n) is 21.5. The van der Waals surface area contributed by atoms with E-state index in [2.05, 4.69) is 5.32 Å². The van der Waals surface area contributed by atoms with Crippen molar-refractivity contribution in [2.75, 3.05) is 30.1 Å². The van der Waals surface area contributed by atoms with Gasteiger partial charge in [-0.3, -0.25) is 24.2 Å². The summed E-state index contributed by atoms with van der Waals surface area (Å²) in [7, 11) is 1.64. The zero-order valence-corrected chi connectivity index (χ0v) is 22.3. The highest BCUT2D eigenvalue weighted by molar-refractivity contribution is 6.31. The normalized spacial score (nSPS) is 13.0. The van der Waals surface area contributed by atoms with Crippen LogP contribution in [0.4, 0.5) is 20.2 Å². The summed E-state index contributed by atoms with van der Waals surface area (Å²) in [5.41, 5.74) is -0.590. The minimum absolute atomic E-state index is 0.0382. The first kappa shape index (κ1) is 28.2. The Morgan fingerprint density at radius 1 is 1.10 bits per heavy atom. The summed E-state index contributed by atoms with van der Waals surface area (Å²) in [5, 5.41) is 12.9. The minimum atomic E-state index is -1.67. The Bertz CT molecular complexity index is 1490. The molecule has 0 unspecified atom stereocenters. The summed E-state index contributed by atoms with van der Waals surface area (Å²) in [4.78, 5) is 41.3. The molecule has 9 nitrogen and oxygen atoms in total. The molecule has 2 amide bonds. The van der Waals surface area contributed by atoms with Crippen molar-refractivity contribution in [1.82, 2.24) is 9.88 Å². The summed E-state index contributed by atoms with van der Waals surface area (Å²) in [6, 6.07) is 9.61. The summed E-state index contributed by atoms with van der Waals surface area (Å²) < 4.78 is 33.9. The molecule has 2 N–H and O–H groups in total. The smallest absolute Gasteiger partial charge is 0.273 e. The lowest BCUT2D eigenvalue weighted by Crippen LogP contribution is -2.48. The van der Waals surface area contributed by atoms with E-state index >= 15 is 0 Å². The van der Waals surface area contributed by atoms with Crippen LogP contribution in [0, 0.1) is 11.6 Å². The number of hydrogen-bond donors (Lipinski definition) is 2. The van der Waals surface area contributed by atoms with Crippen molar-refractivity contribution < 1.29 is 28.2 Å². The number of likely N-dealkylation sites (N-methyl/N-ethyl adjacent to an activating group) is 1. The summed E-state index contributed by atoms with van der Waals surface area (Å²) in [5.74, 6) is -2.29. The number of nitrogens with one attached hydrogen (secondary N) is 1. The maximum atomic E-state index is 13.9. The van der Waals surface area contributed by atoms with E-state index in [0.29, 0.717) is 16.9 Å². The number of amides is 2. The third-order valence-corrected chi connectivity index (χ3v) is 6.47. The number of ether oxygens (including phenoxy) is 1. The van der Waals surface area contributed by atoms with Crippen molar-refractivity contribution in [1.29, 1.82) is 0 Å². The number of halogens is 3. The molecule has 1 aromatic heterocycles. The second-order valence-electron chi connectivity index (χ2n) is 9.56. The summed E-state index contributed by atoms with van der Waals surface area (Å²) in [6.07, 6.45) is 1.46. The Hall–Kier alpha value is -3.80. The minimum Gasteiger partial charge on any atom is -0.487 e. The predicted molar refractivity (Wildman–Crippen MR) is 142 cm³/mol. The van der Waals surface area contributed by atoms with Gasteiger partial charge in [0.05, 0.1) is 24.5 Å². The molecule has 2 heterocycles. The van der Waals surface area contributed by atoms with Gasteiger partial charge in [0, 0.05) is 17.8 Å². The second kappa shape index (κ2) is 11.1. The van der Waals surface area contributed by atoms with Crippen molar-refractivity contribution in [2.24, 2.45) is 0 Å². The molecule has 4 rings (SSSR count). The van der Waals surface area contributed by atoms with E-state index in [1.54, 1.807) is 25.2 Å². The molecule has 0 saturated carbocycles. The molecule has 206 valence electrons. The number of anilines is 2. The highest BCUT2D eigenvalue weighted by Crippen LogP contribution is 2.38. The highest BCUT2D eigenvalue weighted by Gasteiger charge is 2.39. The molecule has 0 aliphatic carbocycles. The molecule has 0 fully saturated rings. The largest absolute Gasteiger partial charge is 0.487 e. The van der Waals surface area contributed by atoms with E-state index in [4.69, 9.17) is 16.3 Å². The van der Waals surface area contributed by atoms with Gasteiger partial charge < -0.3 is 19.7 Å². The van der Waals surface area contributed by atoms with Gasteiger partial charge in [-0.1, -0.05) is 17.7 Å². The molecule has 0 radical (unpaired) electrons. The molecule has 0 atom stereocenters. The van der Waals surface area contributed by atoms with Gasteiger partial charge in [-0.05, 0) is 56.8 Å². The molecular weight excluding hydrogens is 534 g/mol. The number of nitrogens with zero attached hydrogens (tertiary/aromatic N) is 3. The number of carbonyl (C=O) groups excluding carboxylic acids is 2. The van der Waals surface area contributed by atoms with E-state index in [1.807, 2.05) is 0 Å². The van der Waals surface area contributed by atoms with Crippen LogP contribution in [-0.2, 0) is 22.7 Å². The predicted octanol–water partition coefficient (Wildman–Crippen LogP) is 3.03. The SMILES string of the molecule is CNCC(=O)N1CN(C(=O)C(C)(C)O)c2cc(Cn3ccc(OCc4ccc(F)cc4F)c(Cl)c3=O)ccc21. The highest BCUT2D eigenvalue weighted by atomic mass is 35.5. The monoisotopic (exact) mass is 560 g/mol. The molecule has 0 spiro atoms. The zero-order chi connectivity index (χ0) is 28.5. The van der Waals surface area contributed by atoms with Crippen molar-refractivity contribution >= 4 is 34.8 Å². The van der Waals surface area contributed by atoms with Crippen LogP contribution in [0.5, 0.6) is 5.75 Å². The molecule has 2 aromatic carbocycles. The number of pyridine rings is 1. The van der Waals surface area contributed by atoms with Gasteiger partial charge in [0.15, 0.2) is 0 Å². The van der Waals surface area contributed by atoms with Crippen LogP contribution >= 0.6 is 11.6 Å². The Morgan fingerprint density at radius 2 is 1.85 bits per heavy atom. The number of aromatic nitrogens is 1. The van der Waals surface area contributed by atoms with Crippen LogP contribution in [0.25, 0.3) is 0 Å². The molecule has 0 bridgehead atoms. The fourth-order valence-electron chi connectivity index (χ4n) is 4.13. The Kier molecular flexibility index (Phi) is 8.05. The van der Waals surface area contributed by atoms with Gasteiger partial charge in [0.1, 0.15) is 41.3 Å². The van der Waals surface area contributed by atoms with Gasteiger partial charge in [0.2, 0.25) is 5.91 Å². The number of fused-ring (bicyclic) bond motifs is 1. The number of benzene rings is 2. The van der Waals surface area contributed by atoms with Crippen molar-refractivity contribution in [3.63, 3.8) is 0 Å². The lowest BCUT2D eigenvalue weighted by atomic mass is 10.1. The Morgan fingerprint density at radius 3 is 2.51 bits per heavy atom. The number of hydrogen-bond acceptors (Lipinski definition) is 6. The van der Waals surface area contributed by atoms with Crippen LogP contribution < -0.4 is 25.4 Å². The van der Waals surface area contributed by atoms with Crippen LogP contribution in [0.3, 0.4) is 0 Å². The number of aliphatic hydroxyl groups is 1. The molecule has 1 aliphatic rings. The lowest BCUT2D eigenvalue weighted by molar-refractivity contribution is -0.133. The van der Waals surface area contributed by atoms with Crippen molar-refractivity contribution in [3.8, 4) is 5.75 Å². The number of carbonyl (C=O) groups is 2. The van der Waals surface area contributed by atoms with Crippen molar-refractivity contribution in [2.45, 2.75) is 32.6 Å². The van der Waals surface area contributed by atoms with E-state index in [0.717, 1.165) is 12.1 Å².